The van der Waals surface area contributed by atoms with E-state index in [9.17, 15) is 18.4 Å². The largest absolute Gasteiger partial charge is 0.454 e. The number of hydrogen-bond acceptors (Lipinski definition) is 3. The van der Waals surface area contributed by atoms with Crippen LogP contribution in [-0.4, -0.2) is 22.9 Å². The van der Waals surface area contributed by atoms with Gasteiger partial charge in [0.1, 0.15) is 11.6 Å². The minimum atomic E-state index is -0.678. The molecule has 6 heteroatoms. The molecule has 3 aromatic rings. The molecule has 1 aromatic heterocycles. The number of rotatable bonds is 8. The van der Waals surface area contributed by atoms with E-state index in [-0.39, 0.29) is 18.2 Å². The molecule has 0 bridgehead atoms. The molecular formula is C25H23F2NO3. The Kier molecular flexibility index (Phi) is 7.13. The van der Waals surface area contributed by atoms with Gasteiger partial charge >= 0.3 is 5.97 Å². The first-order valence-corrected chi connectivity index (χ1v) is 9.88. The van der Waals surface area contributed by atoms with Gasteiger partial charge in [0.05, 0.1) is 0 Å². The first-order chi connectivity index (χ1) is 14.8. The van der Waals surface area contributed by atoms with Gasteiger partial charge in [-0.1, -0.05) is 24.3 Å². The number of ketones is 1. The van der Waals surface area contributed by atoms with Gasteiger partial charge in [0.2, 0.25) is 5.78 Å². The maximum absolute atomic E-state index is 13.2. The van der Waals surface area contributed by atoms with Crippen LogP contribution in [0.15, 0.2) is 60.7 Å². The van der Waals surface area contributed by atoms with Crippen molar-refractivity contribution in [3.63, 3.8) is 0 Å². The van der Waals surface area contributed by atoms with Gasteiger partial charge in [0.15, 0.2) is 6.61 Å². The summed E-state index contributed by atoms with van der Waals surface area (Å²) >= 11 is 0. The summed E-state index contributed by atoms with van der Waals surface area (Å²) in [5.74, 6) is -1.65. The lowest BCUT2D eigenvalue weighted by molar-refractivity contribution is -0.136. The number of esters is 1. The fraction of sp³-hybridized carbons (Fsp3) is 0.200. The molecule has 31 heavy (non-hydrogen) atoms. The maximum atomic E-state index is 13.2. The lowest BCUT2D eigenvalue weighted by atomic mass is 10.1. The van der Waals surface area contributed by atoms with Crippen molar-refractivity contribution >= 4 is 17.8 Å². The molecule has 0 aliphatic rings. The fourth-order valence-electron chi connectivity index (χ4n) is 3.36. The van der Waals surface area contributed by atoms with Gasteiger partial charge in [-0.15, -0.1) is 0 Å². The number of aromatic nitrogens is 1. The van der Waals surface area contributed by atoms with Crippen molar-refractivity contribution in [1.82, 2.24) is 4.57 Å². The fourth-order valence-corrected chi connectivity index (χ4v) is 3.36. The van der Waals surface area contributed by atoms with Crippen LogP contribution in [0.25, 0.3) is 6.08 Å². The first-order valence-electron chi connectivity index (χ1n) is 9.88. The molecule has 160 valence electrons. The van der Waals surface area contributed by atoms with E-state index >= 15 is 0 Å². The van der Waals surface area contributed by atoms with Crippen molar-refractivity contribution in [1.29, 1.82) is 0 Å². The third-order valence-corrected chi connectivity index (χ3v) is 5.02. The zero-order valence-electron chi connectivity index (χ0n) is 17.4. The molecule has 0 saturated heterocycles. The van der Waals surface area contributed by atoms with Crippen LogP contribution in [-0.2, 0) is 22.5 Å². The van der Waals surface area contributed by atoms with Crippen LogP contribution in [0.4, 0.5) is 8.78 Å². The molecule has 4 nitrogen and oxygen atoms in total. The number of halogens is 2. The second kappa shape index (κ2) is 9.98. The average molecular weight is 423 g/mol. The number of aryl methyl sites for hydroxylation is 2. The quantitative estimate of drug-likeness (QED) is 0.289. The Hall–Kier alpha value is -3.54. The Morgan fingerprint density at radius 3 is 2.45 bits per heavy atom. The second-order valence-corrected chi connectivity index (χ2v) is 7.23. The third-order valence-electron chi connectivity index (χ3n) is 5.02. The zero-order chi connectivity index (χ0) is 22.4. The van der Waals surface area contributed by atoms with Gasteiger partial charge in [-0.2, -0.15) is 0 Å². The van der Waals surface area contributed by atoms with Crippen LogP contribution in [0.1, 0.15) is 32.9 Å². The lowest BCUT2D eigenvalue weighted by Crippen LogP contribution is -2.14. The molecule has 1 heterocycles. The van der Waals surface area contributed by atoms with Gasteiger partial charge < -0.3 is 9.30 Å². The summed E-state index contributed by atoms with van der Waals surface area (Å²) in [7, 11) is 0. The summed E-state index contributed by atoms with van der Waals surface area (Å²) in [5, 5.41) is 0. The van der Waals surface area contributed by atoms with Crippen molar-refractivity contribution in [2.24, 2.45) is 0 Å². The summed E-state index contributed by atoms with van der Waals surface area (Å²) in [6.07, 6.45) is 3.29. The Balaban J connectivity index is 1.58. The summed E-state index contributed by atoms with van der Waals surface area (Å²) in [6, 6.07) is 13.9. The monoisotopic (exact) mass is 423 g/mol. The Morgan fingerprint density at radius 1 is 1.00 bits per heavy atom. The highest BCUT2D eigenvalue weighted by Gasteiger charge is 2.17. The second-order valence-electron chi connectivity index (χ2n) is 7.23. The normalized spacial score (nSPS) is 11.1. The molecule has 0 aliphatic carbocycles. The number of carbonyl (C=O) groups is 2. The van der Waals surface area contributed by atoms with Crippen molar-refractivity contribution in [2.45, 2.75) is 26.8 Å². The number of nitrogens with zero attached hydrogens (tertiary/aromatic N) is 1. The van der Waals surface area contributed by atoms with E-state index in [0.29, 0.717) is 24.1 Å². The molecule has 0 fully saturated rings. The van der Waals surface area contributed by atoms with Crippen LogP contribution < -0.4 is 0 Å². The molecule has 3 rings (SSSR count). The van der Waals surface area contributed by atoms with Gasteiger partial charge in [0, 0.05) is 29.6 Å². The minimum Gasteiger partial charge on any atom is -0.454 e. The number of ether oxygens (including phenoxy) is 1. The van der Waals surface area contributed by atoms with E-state index in [1.54, 1.807) is 24.3 Å². The summed E-state index contributed by atoms with van der Waals surface area (Å²) in [6.45, 7) is 4.01. The van der Waals surface area contributed by atoms with Gasteiger partial charge in [-0.05, 0) is 67.8 Å². The molecular weight excluding hydrogens is 400 g/mol. The van der Waals surface area contributed by atoms with E-state index in [4.69, 9.17) is 4.74 Å². The highest BCUT2D eigenvalue weighted by molar-refractivity contribution is 6.00. The molecule has 0 radical (unpaired) electrons. The van der Waals surface area contributed by atoms with Crippen LogP contribution in [0.3, 0.4) is 0 Å². The number of hydrogen-bond donors (Lipinski definition) is 0. The number of benzene rings is 2. The van der Waals surface area contributed by atoms with Gasteiger partial charge in [0.25, 0.3) is 0 Å². The van der Waals surface area contributed by atoms with Crippen molar-refractivity contribution in [3.8, 4) is 0 Å². The van der Waals surface area contributed by atoms with Crippen LogP contribution in [0.2, 0.25) is 0 Å². The maximum Gasteiger partial charge on any atom is 0.331 e. The highest BCUT2D eigenvalue weighted by Crippen LogP contribution is 2.17. The van der Waals surface area contributed by atoms with Crippen LogP contribution >= 0.6 is 0 Å². The molecule has 0 unspecified atom stereocenters. The molecule has 0 atom stereocenters. The van der Waals surface area contributed by atoms with E-state index in [1.807, 2.05) is 18.4 Å². The summed E-state index contributed by atoms with van der Waals surface area (Å²) in [5.41, 5.74) is 3.73. The minimum absolute atomic E-state index is 0.273. The van der Waals surface area contributed by atoms with Crippen molar-refractivity contribution < 1.29 is 23.1 Å². The van der Waals surface area contributed by atoms with Gasteiger partial charge in [-0.3, -0.25) is 4.79 Å². The molecule has 0 saturated carbocycles. The highest BCUT2D eigenvalue weighted by atomic mass is 19.1. The van der Waals surface area contributed by atoms with Crippen molar-refractivity contribution in [3.05, 3.63) is 100 Å². The van der Waals surface area contributed by atoms with Gasteiger partial charge in [-0.25, -0.2) is 13.6 Å². The number of carbonyl (C=O) groups excluding carboxylic acids is 2. The Morgan fingerprint density at radius 2 is 1.74 bits per heavy atom. The van der Waals surface area contributed by atoms with E-state index in [2.05, 4.69) is 0 Å². The SMILES string of the molecule is Cc1cc(C(=O)COC(=O)C=Cc2cccc(F)c2)c(C)n1CCc1ccc(F)cc1. The Labute approximate surface area is 179 Å². The topological polar surface area (TPSA) is 48.3 Å². The molecule has 0 N–H and O–H groups in total. The predicted octanol–water partition coefficient (Wildman–Crippen LogP) is 5.07. The lowest BCUT2D eigenvalue weighted by Gasteiger charge is -2.10. The summed E-state index contributed by atoms with van der Waals surface area (Å²) in [4.78, 5) is 24.5. The van der Waals surface area contributed by atoms with Crippen LogP contribution in [0.5, 0.6) is 0 Å². The first kappa shape index (κ1) is 22.2. The van der Waals surface area contributed by atoms with Crippen LogP contribution in [0, 0.1) is 25.5 Å². The molecule has 2 aromatic carbocycles. The molecule has 0 amide bonds. The zero-order valence-corrected chi connectivity index (χ0v) is 17.4. The number of Topliss-reactive ketones (excluding diaryl/α,β-unsaturated/α-hetero) is 1. The molecule has 0 spiro atoms. The third kappa shape index (κ3) is 5.98. The van der Waals surface area contributed by atoms with E-state index in [1.165, 1.54) is 36.4 Å². The smallest absolute Gasteiger partial charge is 0.331 e. The average Bonchev–Trinajstić information content (AvgIpc) is 3.03. The van der Waals surface area contributed by atoms with E-state index < -0.39 is 11.8 Å². The van der Waals surface area contributed by atoms with E-state index in [0.717, 1.165) is 23.0 Å². The Bertz CT molecular complexity index is 1110. The predicted molar refractivity (Wildman–Crippen MR) is 115 cm³/mol. The summed E-state index contributed by atoms with van der Waals surface area (Å²) < 4.78 is 33.3. The van der Waals surface area contributed by atoms with Crippen molar-refractivity contribution in [2.75, 3.05) is 6.61 Å². The molecule has 0 aliphatic heterocycles. The standard InChI is InChI=1S/C25H23F2NO3/c1-17-14-23(18(2)28(17)13-12-19-6-9-21(26)10-7-19)24(29)16-31-25(30)11-8-20-4-3-5-22(27)15-20/h3-11,14-15H,12-13,16H2,1-2H3.